The Morgan fingerprint density at radius 1 is 0.857 bits per heavy atom. The molecule has 0 radical (unpaired) electrons. The molecule has 2 aromatic carbocycles. The third-order valence-electron chi connectivity index (χ3n) is 7.33. The molecule has 2 amide bonds. The fourth-order valence-corrected chi connectivity index (χ4v) is 5.39. The van der Waals surface area contributed by atoms with E-state index in [-0.39, 0.29) is 30.8 Å². The fraction of sp³-hybridized carbons (Fsp3) is 0.500. The number of amides is 2. The van der Waals surface area contributed by atoms with Crippen molar-refractivity contribution in [2.45, 2.75) is 63.5 Å². The highest BCUT2D eigenvalue weighted by molar-refractivity contribution is 5.97. The van der Waals surface area contributed by atoms with Gasteiger partial charge in [0.25, 0.3) is 11.8 Å². The van der Waals surface area contributed by atoms with Gasteiger partial charge in [0.15, 0.2) is 11.5 Å². The number of rotatable bonds is 1. The van der Waals surface area contributed by atoms with Crippen LogP contribution >= 0.6 is 0 Å². The number of hydrogen-bond donors (Lipinski definition) is 0. The van der Waals surface area contributed by atoms with Crippen LogP contribution in [0.1, 0.15) is 72.1 Å². The highest BCUT2D eigenvalue weighted by Gasteiger charge is 2.36. The van der Waals surface area contributed by atoms with Gasteiger partial charge < -0.3 is 24.0 Å². The first kappa shape index (κ1) is 23.5. The lowest BCUT2D eigenvalue weighted by atomic mass is 9.90. The SMILES string of the molecule is CN1CCCCCCN(C(=O)c2ccc3c(c2)OCO3)[C@@H]2CCCC[C@@H]2Oc2ccccc2C1=O. The summed E-state index contributed by atoms with van der Waals surface area (Å²) in [6.45, 7) is 1.58. The van der Waals surface area contributed by atoms with Crippen LogP contribution < -0.4 is 14.2 Å². The zero-order valence-electron chi connectivity index (χ0n) is 20.4. The number of benzene rings is 2. The van der Waals surface area contributed by atoms with Crippen molar-refractivity contribution < 1.29 is 23.8 Å². The number of ether oxygens (including phenoxy) is 3. The van der Waals surface area contributed by atoms with Gasteiger partial charge in [0.2, 0.25) is 6.79 Å². The highest BCUT2D eigenvalue weighted by atomic mass is 16.7. The smallest absolute Gasteiger partial charge is 0.257 e. The van der Waals surface area contributed by atoms with Gasteiger partial charge in [-0.2, -0.15) is 0 Å². The van der Waals surface area contributed by atoms with E-state index < -0.39 is 0 Å². The normalized spacial score (nSPS) is 23.1. The second-order valence-electron chi connectivity index (χ2n) is 9.71. The van der Waals surface area contributed by atoms with E-state index >= 15 is 0 Å². The van der Waals surface area contributed by atoms with Crippen molar-refractivity contribution in [3.05, 3.63) is 53.6 Å². The molecule has 2 aromatic rings. The van der Waals surface area contributed by atoms with Crippen LogP contribution in [-0.2, 0) is 0 Å². The van der Waals surface area contributed by atoms with Crippen molar-refractivity contribution in [2.75, 3.05) is 26.9 Å². The second-order valence-corrected chi connectivity index (χ2v) is 9.71. The summed E-state index contributed by atoms with van der Waals surface area (Å²) < 4.78 is 17.5. The van der Waals surface area contributed by atoms with Gasteiger partial charge in [0.1, 0.15) is 11.9 Å². The largest absolute Gasteiger partial charge is 0.487 e. The molecule has 2 aliphatic heterocycles. The summed E-state index contributed by atoms with van der Waals surface area (Å²) in [5.74, 6) is 1.88. The number of hydrogen-bond acceptors (Lipinski definition) is 5. The molecule has 186 valence electrons. The Balaban J connectivity index is 1.46. The Labute approximate surface area is 206 Å². The van der Waals surface area contributed by atoms with Gasteiger partial charge in [-0.3, -0.25) is 9.59 Å². The molecule has 0 spiro atoms. The molecule has 7 nitrogen and oxygen atoms in total. The van der Waals surface area contributed by atoms with Crippen LogP contribution in [0, 0.1) is 0 Å². The zero-order valence-corrected chi connectivity index (χ0v) is 20.4. The number of para-hydroxylation sites is 1. The second kappa shape index (κ2) is 10.6. The molecule has 35 heavy (non-hydrogen) atoms. The first-order valence-corrected chi connectivity index (χ1v) is 12.8. The first-order valence-electron chi connectivity index (χ1n) is 12.8. The van der Waals surface area contributed by atoms with E-state index in [9.17, 15) is 9.59 Å². The summed E-state index contributed by atoms with van der Waals surface area (Å²) in [5.41, 5.74) is 1.20. The first-order chi connectivity index (χ1) is 17.1. The Morgan fingerprint density at radius 2 is 1.63 bits per heavy atom. The average Bonchev–Trinajstić information content (AvgIpc) is 3.36. The maximum Gasteiger partial charge on any atom is 0.257 e. The lowest BCUT2D eigenvalue weighted by molar-refractivity contribution is 0.0267. The van der Waals surface area contributed by atoms with Gasteiger partial charge in [0, 0.05) is 25.7 Å². The molecule has 1 aliphatic carbocycles. The van der Waals surface area contributed by atoms with Crippen molar-refractivity contribution >= 4 is 11.8 Å². The summed E-state index contributed by atoms with van der Waals surface area (Å²) in [4.78, 5) is 30.8. The number of nitrogens with zero attached hydrogens (tertiary/aromatic N) is 2. The molecule has 7 heteroatoms. The van der Waals surface area contributed by atoms with Gasteiger partial charge in [-0.25, -0.2) is 0 Å². The van der Waals surface area contributed by atoms with Crippen LogP contribution in [0.4, 0.5) is 0 Å². The van der Waals surface area contributed by atoms with Gasteiger partial charge in [-0.1, -0.05) is 31.4 Å². The standard InChI is InChI=1S/C28H34N2O5/c1-29-16-8-2-3-9-17-30(27(31)20-14-15-25-26(18-20)34-19-33-25)22-11-5-7-13-24(22)35-23-12-6-4-10-21(23)28(29)32/h4,6,10,12,14-15,18,22,24H,2-3,5,7-9,11,13,16-17,19H2,1H3/t22-,24+/m1/s1. The third kappa shape index (κ3) is 5.09. The number of fused-ring (bicyclic) bond motifs is 3. The van der Waals surface area contributed by atoms with Crippen molar-refractivity contribution in [3.8, 4) is 17.2 Å². The van der Waals surface area contributed by atoms with E-state index in [0.29, 0.717) is 41.5 Å². The van der Waals surface area contributed by atoms with Crippen molar-refractivity contribution in [3.63, 3.8) is 0 Å². The minimum absolute atomic E-state index is 0.0000102. The minimum atomic E-state index is -0.163. The topological polar surface area (TPSA) is 68.3 Å². The van der Waals surface area contributed by atoms with Crippen molar-refractivity contribution in [1.82, 2.24) is 9.80 Å². The van der Waals surface area contributed by atoms with Crippen LogP contribution in [0.3, 0.4) is 0 Å². The van der Waals surface area contributed by atoms with Crippen LogP contribution in [0.5, 0.6) is 17.2 Å². The summed E-state index contributed by atoms with van der Waals surface area (Å²) in [6.07, 6.45) is 7.58. The van der Waals surface area contributed by atoms with Crippen LogP contribution in [-0.4, -0.2) is 60.7 Å². The molecular weight excluding hydrogens is 444 g/mol. The third-order valence-corrected chi connectivity index (χ3v) is 7.33. The quantitative estimate of drug-likeness (QED) is 0.584. The van der Waals surface area contributed by atoms with E-state index in [1.165, 1.54) is 0 Å². The molecule has 2 heterocycles. The Bertz CT molecular complexity index is 1070. The fourth-order valence-electron chi connectivity index (χ4n) is 5.39. The summed E-state index contributed by atoms with van der Waals surface area (Å²) in [7, 11) is 1.86. The molecule has 3 aliphatic rings. The molecule has 0 aromatic heterocycles. The molecule has 0 bridgehead atoms. The van der Waals surface area contributed by atoms with Crippen LogP contribution in [0.25, 0.3) is 0 Å². The number of carbonyl (C=O) groups is 2. The average molecular weight is 479 g/mol. The summed E-state index contributed by atoms with van der Waals surface area (Å²) >= 11 is 0. The molecule has 1 saturated carbocycles. The lowest BCUT2D eigenvalue weighted by Crippen LogP contribution is -2.51. The van der Waals surface area contributed by atoms with Gasteiger partial charge >= 0.3 is 0 Å². The van der Waals surface area contributed by atoms with Crippen molar-refractivity contribution in [1.29, 1.82) is 0 Å². The van der Waals surface area contributed by atoms with Gasteiger partial charge in [-0.05, 0) is 62.4 Å². The van der Waals surface area contributed by atoms with Crippen LogP contribution in [0.2, 0.25) is 0 Å². The highest BCUT2D eigenvalue weighted by Crippen LogP contribution is 2.35. The van der Waals surface area contributed by atoms with Gasteiger partial charge in [-0.15, -0.1) is 0 Å². The summed E-state index contributed by atoms with van der Waals surface area (Å²) in [6, 6.07) is 12.9. The molecule has 0 unspecified atom stereocenters. The van der Waals surface area contributed by atoms with E-state index in [2.05, 4.69) is 0 Å². The maximum absolute atomic E-state index is 13.8. The number of carbonyl (C=O) groups excluding carboxylic acids is 2. The molecular formula is C28H34N2O5. The van der Waals surface area contributed by atoms with Gasteiger partial charge in [0.05, 0.1) is 11.6 Å². The van der Waals surface area contributed by atoms with Crippen LogP contribution in [0.15, 0.2) is 42.5 Å². The van der Waals surface area contributed by atoms with E-state index in [0.717, 1.165) is 51.4 Å². The predicted octanol–water partition coefficient (Wildman–Crippen LogP) is 4.89. The van der Waals surface area contributed by atoms with E-state index in [1.807, 2.05) is 48.3 Å². The molecule has 2 atom stereocenters. The van der Waals surface area contributed by atoms with E-state index in [4.69, 9.17) is 14.2 Å². The zero-order chi connectivity index (χ0) is 24.2. The Hall–Kier alpha value is -3.22. The maximum atomic E-state index is 13.8. The Morgan fingerprint density at radius 3 is 2.51 bits per heavy atom. The minimum Gasteiger partial charge on any atom is -0.487 e. The molecule has 0 saturated heterocycles. The monoisotopic (exact) mass is 478 g/mol. The molecule has 1 fully saturated rings. The predicted molar refractivity (Wildman–Crippen MR) is 132 cm³/mol. The Kier molecular flexibility index (Phi) is 7.11. The molecule has 0 N–H and O–H groups in total. The molecule has 5 rings (SSSR count). The van der Waals surface area contributed by atoms with E-state index in [1.54, 1.807) is 11.0 Å². The summed E-state index contributed by atoms with van der Waals surface area (Å²) in [5, 5.41) is 0. The lowest BCUT2D eigenvalue weighted by Gasteiger charge is -2.40. The van der Waals surface area contributed by atoms with Crippen molar-refractivity contribution in [2.24, 2.45) is 0 Å².